The third kappa shape index (κ3) is 2.85. The van der Waals surface area contributed by atoms with E-state index in [1.807, 2.05) is 0 Å². The third-order valence-electron chi connectivity index (χ3n) is 2.19. The van der Waals surface area contributed by atoms with Crippen LogP contribution in [0.3, 0.4) is 0 Å². The van der Waals surface area contributed by atoms with Crippen LogP contribution in [0, 0.1) is 5.92 Å². The summed E-state index contributed by atoms with van der Waals surface area (Å²) in [6.45, 7) is 5.65. The van der Waals surface area contributed by atoms with Gasteiger partial charge in [-0.05, 0) is 37.9 Å². The number of carbonyl (C=O) groups excluding carboxylic acids is 1. The first-order chi connectivity index (χ1) is 5.33. The van der Waals surface area contributed by atoms with E-state index < -0.39 is 0 Å². The van der Waals surface area contributed by atoms with E-state index in [1.54, 1.807) is 0 Å². The maximum Gasteiger partial charge on any atom is 0.155 e. The van der Waals surface area contributed by atoms with E-state index in [-0.39, 0.29) is 5.78 Å². The summed E-state index contributed by atoms with van der Waals surface area (Å²) in [5, 5.41) is 3.28. The molecular formula is C9H15NO. The smallest absolute Gasteiger partial charge is 0.155 e. The number of carbonyl (C=O) groups is 1. The predicted octanol–water partition coefficient (Wildman–Crippen LogP) is 1.13. The van der Waals surface area contributed by atoms with Crippen LogP contribution in [0.2, 0.25) is 0 Å². The molecule has 1 saturated heterocycles. The molecule has 0 amide bonds. The molecule has 2 nitrogen and oxygen atoms in total. The molecule has 0 radical (unpaired) electrons. The van der Waals surface area contributed by atoms with Gasteiger partial charge in [-0.1, -0.05) is 6.58 Å². The normalized spacial score (nSPS) is 23.5. The molecule has 0 bridgehead atoms. The van der Waals surface area contributed by atoms with Crippen LogP contribution < -0.4 is 5.32 Å². The van der Waals surface area contributed by atoms with Crippen molar-refractivity contribution < 1.29 is 4.79 Å². The van der Waals surface area contributed by atoms with Crippen LogP contribution in [0.15, 0.2) is 12.7 Å². The second-order valence-electron chi connectivity index (χ2n) is 3.07. The SMILES string of the molecule is C=CC(=O)CCC1CCNC1. The molecule has 1 aliphatic heterocycles. The van der Waals surface area contributed by atoms with Crippen molar-refractivity contribution >= 4 is 5.78 Å². The summed E-state index contributed by atoms with van der Waals surface area (Å²) in [6, 6.07) is 0. The Labute approximate surface area is 67.7 Å². The molecule has 1 rings (SSSR count). The highest BCUT2D eigenvalue weighted by Gasteiger charge is 2.14. The van der Waals surface area contributed by atoms with Crippen molar-refractivity contribution in [1.82, 2.24) is 5.32 Å². The van der Waals surface area contributed by atoms with Crippen LogP contribution in [-0.2, 0) is 4.79 Å². The third-order valence-corrected chi connectivity index (χ3v) is 2.19. The average Bonchev–Trinajstić information content (AvgIpc) is 2.52. The van der Waals surface area contributed by atoms with E-state index in [1.165, 1.54) is 12.5 Å². The maximum absolute atomic E-state index is 10.8. The van der Waals surface area contributed by atoms with Gasteiger partial charge in [-0.2, -0.15) is 0 Å². The summed E-state index contributed by atoms with van der Waals surface area (Å²) in [5.41, 5.74) is 0. The first-order valence-corrected chi connectivity index (χ1v) is 4.19. The highest BCUT2D eigenvalue weighted by Crippen LogP contribution is 2.14. The van der Waals surface area contributed by atoms with Crippen LogP contribution in [-0.4, -0.2) is 18.9 Å². The summed E-state index contributed by atoms with van der Waals surface area (Å²) >= 11 is 0. The quantitative estimate of drug-likeness (QED) is 0.613. The Balaban J connectivity index is 2.10. The fraction of sp³-hybridized carbons (Fsp3) is 0.667. The Morgan fingerprint density at radius 3 is 3.09 bits per heavy atom. The lowest BCUT2D eigenvalue weighted by molar-refractivity contribution is -0.114. The fourth-order valence-electron chi connectivity index (χ4n) is 1.41. The lowest BCUT2D eigenvalue weighted by atomic mass is 10.0. The van der Waals surface area contributed by atoms with Crippen molar-refractivity contribution in [2.45, 2.75) is 19.3 Å². The Bertz CT molecular complexity index is 148. The number of hydrogen-bond donors (Lipinski definition) is 1. The lowest BCUT2D eigenvalue weighted by Crippen LogP contribution is -2.09. The molecule has 0 aromatic rings. The Kier molecular flexibility index (Phi) is 3.30. The van der Waals surface area contributed by atoms with Crippen molar-refractivity contribution in [3.63, 3.8) is 0 Å². The molecule has 11 heavy (non-hydrogen) atoms. The largest absolute Gasteiger partial charge is 0.316 e. The molecule has 0 saturated carbocycles. The molecule has 0 aromatic carbocycles. The van der Waals surface area contributed by atoms with Crippen molar-refractivity contribution in [3.05, 3.63) is 12.7 Å². The molecule has 2 heteroatoms. The zero-order valence-corrected chi connectivity index (χ0v) is 6.81. The molecule has 1 unspecified atom stereocenters. The standard InChI is InChI=1S/C9H15NO/c1-2-9(11)4-3-8-5-6-10-7-8/h2,8,10H,1,3-7H2. The van der Waals surface area contributed by atoms with E-state index in [4.69, 9.17) is 0 Å². The van der Waals surface area contributed by atoms with E-state index in [0.29, 0.717) is 6.42 Å². The van der Waals surface area contributed by atoms with Gasteiger partial charge in [0.05, 0.1) is 0 Å². The summed E-state index contributed by atoms with van der Waals surface area (Å²) in [6.07, 6.45) is 4.35. The molecule has 1 aliphatic rings. The molecule has 1 fully saturated rings. The van der Waals surface area contributed by atoms with Crippen LogP contribution >= 0.6 is 0 Å². The summed E-state index contributed by atoms with van der Waals surface area (Å²) < 4.78 is 0. The molecule has 0 aliphatic carbocycles. The minimum absolute atomic E-state index is 0.178. The molecule has 1 heterocycles. The van der Waals surface area contributed by atoms with Crippen LogP contribution in [0.4, 0.5) is 0 Å². The fourth-order valence-corrected chi connectivity index (χ4v) is 1.41. The molecule has 0 spiro atoms. The van der Waals surface area contributed by atoms with Gasteiger partial charge in [0.2, 0.25) is 0 Å². The Morgan fingerprint density at radius 2 is 2.55 bits per heavy atom. The molecule has 1 atom stereocenters. The number of allylic oxidation sites excluding steroid dienone is 1. The maximum atomic E-state index is 10.8. The van der Waals surface area contributed by atoms with Crippen molar-refractivity contribution in [2.75, 3.05) is 13.1 Å². The van der Waals surface area contributed by atoms with Gasteiger partial charge in [-0.3, -0.25) is 4.79 Å². The Morgan fingerprint density at radius 1 is 1.73 bits per heavy atom. The van der Waals surface area contributed by atoms with E-state index in [2.05, 4.69) is 11.9 Å². The van der Waals surface area contributed by atoms with Gasteiger partial charge >= 0.3 is 0 Å². The van der Waals surface area contributed by atoms with Gasteiger partial charge in [0.1, 0.15) is 0 Å². The number of rotatable bonds is 4. The van der Waals surface area contributed by atoms with Gasteiger partial charge in [0.25, 0.3) is 0 Å². The first-order valence-electron chi connectivity index (χ1n) is 4.19. The minimum atomic E-state index is 0.178. The number of nitrogens with one attached hydrogen (secondary N) is 1. The van der Waals surface area contributed by atoms with Gasteiger partial charge in [-0.15, -0.1) is 0 Å². The summed E-state index contributed by atoms with van der Waals surface area (Å²) in [5.74, 6) is 0.899. The second-order valence-corrected chi connectivity index (χ2v) is 3.07. The average molecular weight is 153 g/mol. The van der Waals surface area contributed by atoms with E-state index in [9.17, 15) is 4.79 Å². The first kappa shape index (κ1) is 8.47. The van der Waals surface area contributed by atoms with Gasteiger partial charge in [0.15, 0.2) is 5.78 Å². The van der Waals surface area contributed by atoms with E-state index >= 15 is 0 Å². The molecule has 0 aromatic heterocycles. The summed E-state index contributed by atoms with van der Waals surface area (Å²) in [4.78, 5) is 10.8. The monoisotopic (exact) mass is 153 g/mol. The van der Waals surface area contributed by atoms with Crippen LogP contribution in [0.25, 0.3) is 0 Å². The Hall–Kier alpha value is -0.630. The number of ketones is 1. The van der Waals surface area contributed by atoms with Gasteiger partial charge in [0, 0.05) is 6.42 Å². The predicted molar refractivity (Wildman–Crippen MR) is 45.4 cm³/mol. The van der Waals surface area contributed by atoms with Crippen LogP contribution in [0.5, 0.6) is 0 Å². The van der Waals surface area contributed by atoms with Crippen molar-refractivity contribution in [1.29, 1.82) is 0 Å². The van der Waals surface area contributed by atoms with Gasteiger partial charge < -0.3 is 5.32 Å². The highest BCUT2D eigenvalue weighted by molar-refractivity contribution is 5.88. The van der Waals surface area contributed by atoms with Gasteiger partial charge in [-0.25, -0.2) is 0 Å². The topological polar surface area (TPSA) is 29.1 Å². The van der Waals surface area contributed by atoms with Crippen molar-refractivity contribution in [2.24, 2.45) is 5.92 Å². The minimum Gasteiger partial charge on any atom is -0.316 e. The zero-order valence-electron chi connectivity index (χ0n) is 6.81. The van der Waals surface area contributed by atoms with E-state index in [0.717, 1.165) is 25.4 Å². The van der Waals surface area contributed by atoms with Crippen molar-refractivity contribution in [3.8, 4) is 0 Å². The second kappa shape index (κ2) is 4.29. The number of hydrogen-bond acceptors (Lipinski definition) is 2. The highest BCUT2D eigenvalue weighted by atomic mass is 16.1. The molecular weight excluding hydrogens is 138 g/mol. The van der Waals surface area contributed by atoms with Crippen LogP contribution in [0.1, 0.15) is 19.3 Å². The molecule has 1 N–H and O–H groups in total. The summed E-state index contributed by atoms with van der Waals surface area (Å²) in [7, 11) is 0. The zero-order chi connectivity index (χ0) is 8.10. The molecule has 62 valence electrons. The lowest BCUT2D eigenvalue weighted by Gasteiger charge is -2.04.